The topological polar surface area (TPSA) is 50.3 Å². The van der Waals surface area contributed by atoms with Crippen LogP contribution in [-0.4, -0.2) is 37.5 Å². The van der Waals surface area contributed by atoms with E-state index in [1.807, 2.05) is 7.05 Å². The second kappa shape index (κ2) is 3.29. The summed E-state index contributed by atoms with van der Waals surface area (Å²) in [6.45, 7) is 1.66. The Morgan fingerprint density at radius 2 is 2.21 bits per heavy atom. The van der Waals surface area contributed by atoms with Gasteiger partial charge in [-0.25, -0.2) is 8.42 Å². The van der Waals surface area contributed by atoms with Crippen LogP contribution in [0, 0.1) is 0 Å². The van der Waals surface area contributed by atoms with E-state index in [4.69, 9.17) is 0 Å². The Balaban J connectivity index is 2.51. The van der Waals surface area contributed by atoms with Crippen molar-refractivity contribution in [2.24, 2.45) is 0 Å². The predicted molar refractivity (Wildman–Crippen MR) is 55.3 cm³/mol. The largest absolute Gasteiger partial charge is 0.302 e. The summed E-state index contributed by atoms with van der Waals surface area (Å²) in [4.78, 5) is 2.12. The normalized spacial score (nSPS) is 18.1. The van der Waals surface area contributed by atoms with Crippen LogP contribution in [0.2, 0.25) is 0 Å². The Labute approximate surface area is 87.6 Å². The first-order valence-corrected chi connectivity index (χ1v) is 7.01. The third-order valence-electron chi connectivity index (χ3n) is 2.33. The van der Waals surface area contributed by atoms with Gasteiger partial charge in [-0.2, -0.15) is 4.37 Å². The summed E-state index contributed by atoms with van der Waals surface area (Å²) in [5, 5.41) is 0. The van der Waals surface area contributed by atoms with Crippen LogP contribution in [0.5, 0.6) is 0 Å². The van der Waals surface area contributed by atoms with Gasteiger partial charge in [0.15, 0.2) is 9.84 Å². The molecule has 1 aromatic heterocycles. The van der Waals surface area contributed by atoms with Gasteiger partial charge >= 0.3 is 0 Å². The molecule has 4 nitrogen and oxygen atoms in total. The minimum atomic E-state index is -3.10. The van der Waals surface area contributed by atoms with Gasteiger partial charge in [0.1, 0.15) is 4.21 Å². The first-order chi connectivity index (χ1) is 6.48. The molecule has 0 amide bonds. The monoisotopic (exact) mass is 232 g/mol. The molecule has 2 heterocycles. The fraction of sp³-hybridized carbons (Fsp3) is 0.625. The quantitative estimate of drug-likeness (QED) is 0.709. The van der Waals surface area contributed by atoms with Crippen molar-refractivity contribution >= 4 is 21.4 Å². The highest BCUT2D eigenvalue weighted by molar-refractivity contribution is 7.92. The van der Waals surface area contributed by atoms with E-state index in [1.165, 1.54) is 6.26 Å². The van der Waals surface area contributed by atoms with Crippen LogP contribution >= 0.6 is 11.5 Å². The van der Waals surface area contributed by atoms with Gasteiger partial charge in [-0.1, -0.05) is 0 Å². The van der Waals surface area contributed by atoms with Gasteiger partial charge in [-0.3, -0.25) is 0 Å². The molecule has 1 aromatic rings. The molecule has 0 radical (unpaired) electrons. The molecule has 0 N–H and O–H groups in total. The van der Waals surface area contributed by atoms with Crippen molar-refractivity contribution in [1.82, 2.24) is 9.27 Å². The average Bonchev–Trinajstić information content (AvgIpc) is 2.45. The second-order valence-corrected chi connectivity index (χ2v) is 6.64. The number of likely N-dealkylation sites (N-methyl/N-ethyl adjacent to an activating group) is 1. The number of sulfone groups is 1. The Bertz CT molecular complexity index is 450. The zero-order valence-electron chi connectivity index (χ0n) is 8.15. The van der Waals surface area contributed by atoms with Crippen LogP contribution in [0.15, 0.2) is 4.21 Å². The summed E-state index contributed by atoms with van der Waals surface area (Å²) in [7, 11) is -1.10. The van der Waals surface area contributed by atoms with Crippen molar-refractivity contribution in [3.63, 3.8) is 0 Å². The van der Waals surface area contributed by atoms with E-state index in [1.54, 1.807) is 0 Å². The number of aromatic nitrogens is 1. The van der Waals surface area contributed by atoms with E-state index in [9.17, 15) is 8.42 Å². The Morgan fingerprint density at radius 1 is 1.50 bits per heavy atom. The third-order valence-corrected chi connectivity index (χ3v) is 5.10. The van der Waals surface area contributed by atoms with Gasteiger partial charge in [0.05, 0.1) is 5.69 Å². The molecule has 0 fully saturated rings. The maximum absolute atomic E-state index is 11.4. The van der Waals surface area contributed by atoms with Crippen molar-refractivity contribution in [2.45, 2.75) is 17.2 Å². The van der Waals surface area contributed by atoms with Crippen LogP contribution in [0.1, 0.15) is 11.3 Å². The van der Waals surface area contributed by atoms with E-state index in [0.29, 0.717) is 10.8 Å². The van der Waals surface area contributed by atoms with Gasteiger partial charge in [0.2, 0.25) is 0 Å². The van der Waals surface area contributed by atoms with Crippen LogP contribution in [0.3, 0.4) is 0 Å². The molecule has 14 heavy (non-hydrogen) atoms. The van der Waals surface area contributed by atoms with Crippen molar-refractivity contribution in [3.05, 3.63) is 11.3 Å². The van der Waals surface area contributed by atoms with Gasteiger partial charge < -0.3 is 4.90 Å². The molecule has 1 aliphatic rings. The molecule has 0 aliphatic carbocycles. The van der Waals surface area contributed by atoms with Gasteiger partial charge in [0, 0.05) is 31.3 Å². The zero-order chi connectivity index (χ0) is 10.3. The fourth-order valence-corrected chi connectivity index (χ4v) is 3.58. The van der Waals surface area contributed by atoms with Gasteiger partial charge in [-0.05, 0) is 18.6 Å². The fourth-order valence-electron chi connectivity index (χ4n) is 1.61. The summed E-state index contributed by atoms with van der Waals surface area (Å²) < 4.78 is 27.5. The lowest BCUT2D eigenvalue weighted by molar-refractivity contribution is 0.309. The predicted octanol–water partition coefficient (Wildman–Crippen LogP) is 0.534. The van der Waals surface area contributed by atoms with Crippen molar-refractivity contribution < 1.29 is 8.42 Å². The Morgan fingerprint density at radius 3 is 2.86 bits per heavy atom. The smallest absolute Gasteiger partial charge is 0.186 e. The lowest BCUT2D eigenvalue weighted by Crippen LogP contribution is -2.26. The molecular weight excluding hydrogens is 220 g/mol. The van der Waals surface area contributed by atoms with Crippen LogP contribution < -0.4 is 0 Å². The highest BCUT2D eigenvalue weighted by atomic mass is 32.2. The molecule has 0 spiro atoms. The molecule has 0 saturated heterocycles. The van der Waals surface area contributed by atoms with Crippen molar-refractivity contribution in [3.8, 4) is 0 Å². The first kappa shape index (κ1) is 10.1. The van der Waals surface area contributed by atoms with Crippen molar-refractivity contribution in [2.75, 3.05) is 19.8 Å². The minimum Gasteiger partial charge on any atom is -0.302 e. The Kier molecular flexibility index (Phi) is 2.36. The average molecular weight is 232 g/mol. The molecule has 6 heteroatoms. The van der Waals surface area contributed by atoms with Gasteiger partial charge in [-0.15, -0.1) is 0 Å². The highest BCUT2D eigenvalue weighted by Crippen LogP contribution is 2.28. The molecule has 0 bridgehead atoms. The van der Waals surface area contributed by atoms with Crippen LogP contribution in [0.4, 0.5) is 0 Å². The van der Waals surface area contributed by atoms with Crippen LogP contribution in [0.25, 0.3) is 0 Å². The second-order valence-electron chi connectivity index (χ2n) is 3.66. The maximum atomic E-state index is 11.4. The summed E-state index contributed by atoms with van der Waals surface area (Å²) in [5.41, 5.74) is 1.87. The lowest BCUT2D eigenvalue weighted by atomic mass is 10.1. The standard InChI is InChI=1S/C8H12N2O2S2/c1-10-4-3-7-6(5-10)8(13-9-7)14(2,11)12/h3-5H2,1-2H3. The zero-order valence-corrected chi connectivity index (χ0v) is 9.78. The molecule has 0 atom stereocenters. The number of hydrogen-bond acceptors (Lipinski definition) is 5. The van der Waals surface area contributed by atoms with Gasteiger partial charge in [0.25, 0.3) is 0 Å². The van der Waals surface area contributed by atoms with E-state index >= 15 is 0 Å². The number of nitrogens with zero attached hydrogens (tertiary/aromatic N) is 2. The molecular formula is C8H12N2O2S2. The summed E-state index contributed by atoms with van der Waals surface area (Å²) >= 11 is 1.11. The number of hydrogen-bond donors (Lipinski definition) is 0. The van der Waals surface area contributed by atoms with E-state index in [2.05, 4.69) is 9.27 Å². The number of rotatable bonds is 1. The molecule has 0 unspecified atom stereocenters. The lowest BCUT2D eigenvalue weighted by Gasteiger charge is -2.21. The molecule has 0 saturated carbocycles. The molecule has 78 valence electrons. The molecule has 2 rings (SSSR count). The van der Waals surface area contributed by atoms with E-state index < -0.39 is 9.84 Å². The summed E-state index contributed by atoms with van der Waals surface area (Å²) in [5.74, 6) is 0. The first-order valence-electron chi connectivity index (χ1n) is 4.34. The third kappa shape index (κ3) is 1.69. The molecule has 1 aliphatic heterocycles. The Hall–Kier alpha value is -0.460. The van der Waals surface area contributed by atoms with Crippen molar-refractivity contribution in [1.29, 1.82) is 0 Å². The highest BCUT2D eigenvalue weighted by Gasteiger charge is 2.25. The maximum Gasteiger partial charge on any atom is 0.186 e. The summed E-state index contributed by atoms with van der Waals surface area (Å²) in [6.07, 6.45) is 2.10. The number of fused-ring (bicyclic) bond motifs is 1. The summed E-state index contributed by atoms with van der Waals surface area (Å²) in [6, 6.07) is 0. The minimum absolute atomic E-state index is 0.444. The van der Waals surface area contributed by atoms with E-state index in [0.717, 1.165) is 35.8 Å². The van der Waals surface area contributed by atoms with Crippen LogP contribution in [-0.2, 0) is 22.8 Å². The SMILES string of the molecule is CN1CCc2nsc(S(C)(=O)=O)c2C1. The van der Waals surface area contributed by atoms with E-state index in [-0.39, 0.29) is 0 Å². The molecule has 0 aromatic carbocycles.